The zero-order valence-electron chi connectivity index (χ0n) is 16.3. The molecule has 0 aliphatic rings. The van der Waals surface area contributed by atoms with Gasteiger partial charge in [0.15, 0.2) is 10.7 Å². The first-order valence-corrected chi connectivity index (χ1v) is 10.5. The van der Waals surface area contributed by atoms with Crippen LogP contribution < -0.4 is 10.6 Å². The van der Waals surface area contributed by atoms with E-state index < -0.39 is 0 Å². The van der Waals surface area contributed by atoms with E-state index in [1.165, 1.54) is 0 Å². The smallest absolute Gasteiger partial charge is 0.257 e. The Labute approximate surface area is 187 Å². The summed E-state index contributed by atoms with van der Waals surface area (Å²) in [6, 6.07) is 18.8. The molecule has 2 N–H and O–H groups in total. The van der Waals surface area contributed by atoms with Gasteiger partial charge < -0.3 is 9.73 Å². The van der Waals surface area contributed by atoms with Crippen molar-refractivity contribution in [2.24, 2.45) is 0 Å². The second-order valence-electron chi connectivity index (χ2n) is 6.94. The normalized spacial score (nSPS) is 10.8. The fraction of sp³-hybridized carbons (Fsp3) is 0.0870. The molecular weight excluding hydrogens is 462 g/mol. The predicted octanol–water partition coefficient (Wildman–Crippen LogP) is 6.00. The average molecular weight is 480 g/mol. The summed E-state index contributed by atoms with van der Waals surface area (Å²) in [7, 11) is 0. The molecule has 7 heteroatoms. The molecule has 0 unspecified atom stereocenters. The van der Waals surface area contributed by atoms with Gasteiger partial charge in [0.2, 0.25) is 5.89 Å². The summed E-state index contributed by atoms with van der Waals surface area (Å²) in [6.07, 6.45) is 0. The van der Waals surface area contributed by atoms with E-state index in [1.54, 1.807) is 18.2 Å². The third-order valence-electron chi connectivity index (χ3n) is 4.59. The Kier molecular flexibility index (Phi) is 5.65. The van der Waals surface area contributed by atoms with E-state index in [9.17, 15) is 4.79 Å². The van der Waals surface area contributed by atoms with Crippen molar-refractivity contribution in [3.8, 4) is 11.5 Å². The molecule has 1 heterocycles. The van der Waals surface area contributed by atoms with Crippen LogP contribution in [0.25, 0.3) is 22.6 Å². The van der Waals surface area contributed by atoms with E-state index in [2.05, 4.69) is 31.5 Å². The number of thiocarbonyl (C=S) groups is 1. The molecule has 1 amide bonds. The minimum absolute atomic E-state index is 0.216. The van der Waals surface area contributed by atoms with Crippen molar-refractivity contribution in [1.82, 2.24) is 10.3 Å². The number of nitrogens with one attached hydrogen (secondary N) is 2. The van der Waals surface area contributed by atoms with Crippen LogP contribution in [0.15, 0.2) is 69.6 Å². The summed E-state index contributed by atoms with van der Waals surface area (Å²) in [5, 5.41) is 6.02. The summed E-state index contributed by atoms with van der Waals surface area (Å²) in [5.74, 6) is 0.250. The van der Waals surface area contributed by atoms with E-state index in [0.717, 1.165) is 38.0 Å². The topological polar surface area (TPSA) is 67.2 Å². The van der Waals surface area contributed by atoms with Gasteiger partial charge in [0, 0.05) is 21.3 Å². The number of hydrogen-bond donors (Lipinski definition) is 2. The molecule has 4 aromatic rings. The molecule has 150 valence electrons. The summed E-state index contributed by atoms with van der Waals surface area (Å²) >= 11 is 8.70. The van der Waals surface area contributed by atoms with Crippen LogP contribution in [0.3, 0.4) is 0 Å². The Hall–Kier alpha value is -3.03. The van der Waals surface area contributed by atoms with Crippen molar-refractivity contribution >= 4 is 56.0 Å². The van der Waals surface area contributed by atoms with Crippen LogP contribution >= 0.6 is 28.1 Å². The van der Waals surface area contributed by atoms with E-state index >= 15 is 0 Å². The van der Waals surface area contributed by atoms with E-state index in [-0.39, 0.29) is 11.0 Å². The first kappa shape index (κ1) is 20.3. The van der Waals surface area contributed by atoms with E-state index in [1.807, 2.05) is 56.3 Å². The highest BCUT2D eigenvalue weighted by molar-refractivity contribution is 9.10. The molecule has 0 saturated carbocycles. The standard InChI is InChI=1S/C23H18BrN3O2S/c1-13-6-9-20-19(10-13)25-22(29-20)16-8-7-14(2)18(12-16)26-23(30)27-21(28)15-4-3-5-17(24)11-15/h3-12H,1-2H3,(H2,26,27,28,30). The quantitative estimate of drug-likeness (QED) is 0.352. The van der Waals surface area contributed by atoms with Crippen molar-refractivity contribution in [3.05, 3.63) is 81.8 Å². The number of fused-ring (bicyclic) bond motifs is 1. The lowest BCUT2D eigenvalue weighted by Crippen LogP contribution is -2.34. The van der Waals surface area contributed by atoms with Crippen LogP contribution in [-0.4, -0.2) is 16.0 Å². The molecule has 0 aliphatic carbocycles. The van der Waals surface area contributed by atoms with Crippen molar-refractivity contribution < 1.29 is 9.21 Å². The minimum atomic E-state index is -0.281. The molecule has 4 rings (SSSR count). The lowest BCUT2D eigenvalue weighted by Gasteiger charge is -2.12. The monoisotopic (exact) mass is 479 g/mol. The molecule has 0 atom stereocenters. The van der Waals surface area contributed by atoms with Gasteiger partial charge in [-0.25, -0.2) is 4.98 Å². The number of oxazole rings is 1. The summed E-state index contributed by atoms with van der Waals surface area (Å²) in [4.78, 5) is 17.0. The van der Waals surface area contributed by atoms with Crippen LogP contribution in [0.1, 0.15) is 21.5 Å². The fourth-order valence-electron chi connectivity index (χ4n) is 3.01. The van der Waals surface area contributed by atoms with E-state index in [4.69, 9.17) is 16.6 Å². The molecule has 0 bridgehead atoms. The molecule has 0 fully saturated rings. The highest BCUT2D eigenvalue weighted by Gasteiger charge is 2.12. The zero-order chi connectivity index (χ0) is 21.3. The molecule has 30 heavy (non-hydrogen) atoms. The molecule has 1 aromatic heterocycles. The predicted molar refractivity (Wildman–Crippen MR) is 127 cm³/mol. The number of carbonyl (C=O) groups is 1. The second-order valence-corrected chi connectivity index (χ2v) is 8.26. The van der Waals surface area contributed by atoms with Gasteiger partial charge in [-0.1, -0.05) is 34.1 Å². The van der Waals surface area contributed by atoms with Crippen molar-refractivity contribution in [2.75, 3.05) is 5.32 Å². The van der Waals surface area contributed by atoms with Gasteiger partial charge in [0.25, 0.3) is 5.91 Å². The van der Waals surface area contributed by atoms with Gasteiger partial charge in [-0.05, 0) is 79.7 Å². The molecule has 0 aliphatic heterocycles. The van der Waals surface area contributed by atoms with Crippen LogP contribution in [-0.2, 0) is 0 Å². The lowest BCUT2D eigenvalue weighted by atomic mass is 10.1. The summed E-state index contributed by atoms with van der Waals surface area (Å²) in [6.45, 7) is 3.98. The number of amides is 1. The number of carbonyl (C=O) groups excluding carboxylic acids is 1. The molecular formula is C23H18BrN3O2S. The Morgan fingerprint density at radius 1 is 1.07 bits per heavy atom. The number of rotatable bonds is 3. The molecule has 0 radical (unpaired) electrons. The first-order valence-electron chi connectivity index (χ1n) is 9.25. The zero-order valence-corrected chi connectivity index (χ0v) is 18.7. The largest absolute Gasteiger partial charge is 0.436 e. The van der Waals surface area contributed by atoms with E-state index in [0.29, 0.717) is 11.5 Å². The Balaban J connectivity index is 1.54. The maximum absolute atomic E-state index is 12.4. The van der Waals surface area contributed by atoms with Gasteiger partial charge in [-0.15, -0.1) is 0 Å². The maximum atomic E-state index is 12.4. The van der Waals surface area contributed by atoms with Crippen LogP contribution in [0.5, 0.6) is 0 Å². The second kappa shape index (κ2) is 8.38. The number of halogens is 1. The molecule has 3 aromatic carbocycles. The highest BCUT2D eigenvalue weighted by Crippen LogP contribution is 2.28. The number of hydrogen-bond acceptors (Lipinski definition) is 4. The van der Waals surface area contributed by atoms with Gasteiger partial charge >= 0.3 is 0 Å². The third-order valence-corrected chi connectivity index (χ3v) is 5.29. The highest BCUT2D eigenvalue weighted by atomic mass is 79.9. The Bertz CT molecular complexity index is 1280. The summed E-state index contributed by atoms with van der Waals surface area (Å²) < 4.78 is 6.72. The molecule has 0 saturated heterocycles. The third kappa shape index (κ3) is 4.42. The first-order chi connectivity index (χ1) is 14.4. The van der Waals surface area contributed by atoms with Gasteiger partial charge in [-0.3, -0.25) is 10.1 Å². The maximum Gasteiger partial charge on any atom is 0.257 e. The number of aromatic nitrogens is 1. The van der Waals surface area contributed by atoms with Crippen molar-refractivity contribution in [1.29, 1.82) is 0 Å². The fourth-order valence-corrected chi connectivity index (χ4v) is 3.61. The van der Waals surface area contributed by atoms with Crippen LogP contribution in [0.2, 0.25) is 0 Å². The van der Waals surface area contributed by atoms with Crippen LogP contribution in [0, 0.1) is 13.8 Å². The average Bonchev–Trinajstić information content (AvgIpc) is 3.12. The van der Waals surface area contributed by atoms with Crippen LogP contribution in [0.4, 0.5) is 5.69 Å². The number of benzene rings is 3. The van der Waals surface area contributed by atoms with Gasteiger partial charge in [0.1, 0.15) is 5.52 Å². The minimum Gasteiger partial charge on any atom is -0.436 e. The number of anilines is 1. The van der Waals surface area contributed by atoms with Gasteiger partial charge in [-0.2, -0.15) is 0 Å². The van der Waals surface area contributed by atoms with Gasteiger partial charge in [0.05, 0.1) is 0 Å². The summed E-state index contributed by atoms with van der Waals surface area (Å²) in [5.41, 5.74) is 5.76. The lowest BCUT2D eigenvalue weighted by molar-refractivity contribution is 0.0977. The number of nitrogens with zero attached hydrogens (tertiary/aromatic N) is 1. The number of aryl methyl sites for hydroxylation is 2. The Morgan fingerprint density at radius 2 is 1.90 bits per heavy atom. The molecule has 0 spiro atoms. The van der Waals surface area contributed by atoms with Crippen molar-refractivity contribution in [2.45, 2.75) is 13.8 Å². The molecule has 5 nitrogen and oxygen atoms in total. The Morgan fingerprint density at radius 3 is 2.70 bits per heavy atom. The SMILES string of the molecule is Cc1ccc2oc(-c3ccc(C)c(NC(=S)NC(=O)c4cccc(Br)c4)c3)nc2c1. The van der Waals surface area contributed by atoms with Crippen molar-refractivity contribution in [3.63, 3.8) is 0 Å².